The minimum Gasteiger partial charge on any atom is -0.467 e. The Balaban J connectivity index is 1.92. The summed E-state index contributed by atoms with van der Waals surface area (Å²) in [5, 5.41) is 6.05. The van der Waals surface area contributed by atoms with Gasteiger partial charge >= 0.3 is 6.01 Å². The van der Waals surface area contributed by atoms with Gasteiger partial charge < -0.3 is 15.8 Å². The summed E-state index contributed by atoms with van der Waals surface area (Å²) < 4.78 is 4.90. The van der Waals surface area contributed by atoms with E-state index in [0.717, 1.165) is 11.4 Å². The molecule has 0 fully saturated rings. The average molecular weight is 252 g/mol. The van der Waals surface area contributed by atoms with E-state index in [4.69, 9.17) is 10.5 Å². The first kappa shape index (κ1) is 11.5. The molecule has 2 aromatic heterocycles. The number of methoxy groups -OCH3 is 1. The van der Waals surface area contributed by atoms with Gasteiger partial charge in [0.15, 0.2) is 0 Å². The third kappa shape index (κ3) is 3.25. The summed E-state index contributed by atoms with van der Waals surface area (Å²) in [7, 11) is 1.48. The molecular formula is C9H12N6OS. The minimum atomic E-state index is 0.133. The number of aromatic nitrogens is 4. The van der Waals surface area contributed by atoms with E-state index in [1.807, 2.05) is 5.38 Å². The molecule has 0 aliphatic carbocycles. The van der Waals surface area contributed by atoms with Crippen LogP contribution in [0, 0.1) is 0 Å². The number of nitrogens with one attached hydrogen (secondary N) is 1. The van der Waals surface area contributed by atoms with E-state index in [1.54, 1.807) is 17.5 Å². The van der Waals surface area contributed by atoms with Crippen molar-refractivity contribution in [2.45, 2.75) is 6.42 Å². The monoisotopic (exact) mass is 252 g/mol. The number of nitrogens with two attached hydrogens (primary N) is 1. The van der Waals surface area contributed by atoms with Crippen molar-refractivity contribution in [2.75, 3.05) is 24.7 Å². The number of ether oxygens (including phenoxy) is 1. The second-order valence-electron chi connectivity index (χ2n) is 3.11. The third-order valence-electron chi connectivity index (χ3n) is 1.92. The molecule has 0 saturated heterocycles. The maximum absolute atomic E-state index is 5.51. The van der Waals surface area contributed by atoms with Crippen molar-refractivity contribution in [2.24, 2.45) is 0 Å². The Labute approximate surface area is 102 Å². The van der Waals surface area contributed by atoms with Crippen molar-refractivity contribution < 1.29 is 4.74 Å². The fraction of sp³-hybridized carbons (Fsp3) is 0.333. The zero-order valence-electron chi connectivity index (χ0n) is 9.25. The molecule has 17 heavy (non-hydrogen) atoms. The summed E-state index contributed by atoms with van der Waals surface area (Å²) in [6.07, 6.45) is 2.59. The van der Waals surface area contributed by atoms with Crippen LogP contribution in [0.3, 0.4) is 0 Å². The van der Waals surface area contributed by atoms with Crippen LogP contribution >= 0.6 is 11.3 Å². The molecule has 0 amide bonds. The van der Waals surface area contributed by atoms with Gasteiger partial charge in [-0.15, -0.1) is 11.3 Å². The molecule has 0 aromatic carbocycles. The lowest BCUT2D eigenvalue weighted by atomic mass is 10.4. The molecule has 2 aromatic rings. The lowest BCUT2D eigenvalue weighted by Gasteiger charge is -2.05. The van der Waals surface area contributed by atoms with E-state index >= 15 is 0 Å². The Morgan fingerprint density at radius 3 is 3.00 bits per heavy atom. The van der Waals surface area contributed by atoms with Gasteiger partial charge in [0.2, 0.25) is 11.9 Å². The molecule has 0 unspecified atom stereocenters. The van der Waals surface area contributed by atoms with Crippen LogP contribution in [0.15, 0.2) is 11.6 Å². The Morgan fingerprint density at radius 1 is 1.41 bits per heavy atom. The first-order valence-electron chi connectivity index (χ1n) is 4.95. The average Bonchev–Trinajstić information content (AvgIpc) is 2.81. The number of rotatable bonds is 5. The van der Waals surface area contributed by atoms with Crippen molar-refractivity contribution in [1.29, 1.82) is 0 Å². The van der Waals surface area contributed by atoms with Crippen LogP contribution in [0.25, 0.3) is 0 Å². The SMILES string of the molecule is COc1nc(N)nc(NCCc2nccs2)n1. The molecule has 8 heteroatoms. The molecule has 0 aliphatic heterocycles. The quantitative estimate of drug-likeness (QED) is 0.802. The molecule has 0 radical (unpaired) electrons. The van der Waals surface area contributed by atoms with E-state index in [-0.39, 0.29) is 12.0 Å². The number of thiazole rings is 1. The van der Waals surface area contributed by atoms with Crippen molar-refractivity contribution in [3.63, 3.8) is 0 Å². The standard InChI is InChI=1S/C9H12N6OS/c1-16-9-14-7(10)13-8(15-9)12-3-2-6-11-4-5-17-6/h4-5H,2-3H2,1H3,(H3,10,12,13,14,15). The molecule has 3 N–H and O–H groups in total. The molecule has 90 valence electrons. The normalized spacial score (nSPS) is 10.2. The zero-order valence-corrected chi connectivity index (χ0v) is 10.1. The van der Waals surface area contributed by atoms with Gasteiger partial charge in [0, 0.05) is 24.5 Å². The van der Waals surface area contributed by atoms with E-state index in [9.17, 15) is 0 Å². The van der Waals surface area contributed by atoms with Crippen molar-refractivity contribution >= 4 is 23.2 Å². The number of hydrogen-bond donors (Lipinski definition) is 2. The zero-order chi connectivity index (χ0) is 12.1. The fourth-order valence-electron chi connectivity index (χ4n) is 1.20. The predicted molar refractivity (Wildman–Crippen MR) is 65.1 cm³/mol. The van der Waals surface area contributed by atoms with Gasteiger partial charge in [0.05, 0.1) is 12.1 Å². The van der Waals surface area contributed by atoms with Crippen molar-refractivity contribution in [3.05, 3.63) is 16.6 Å². The van der Waals surface area contributed by atoms with E-state index in [0.29, 0.717) is 12.5 Å². The molecule has 0 atom stereocenters. The van der Waals surface area contributed by atoms with Gasteiger partial charge in [-0.1, -0.05) is 0 Å². The summed E-state index contributed by atoms with van der Waals surface area (Å²) in [4.78, 5) is 15.9. The van der Waals surface area contributed by atoms with Crippen LogP contribution in [-0.2, 0) is 6.42 Å². The Morgan fingerprint density at radius 2 is 2.29 bits per heavy atom. The lowest BCUT2D eigenvalue weighted by molar-refractivity contribution is 0.379. The highest BCUT2D eigenvalue weighted by Gasteiger charge is 2.04. The first-order valence-corrected chi connectivity index (χ1v) is 5.83. The van der Waals surface area contributed by atoms with E-state index in [2.05, 4.69) is 25.3 Å². The van der Waals surface area contributed by atoms with E-state index < -0.39 is 0 Å². The highest BCUT2D eigenvalue weighted by molar-refractivity contribution is 7.09. The third-order valence-corrected chi connectivity index (χ3v) is 2.76. The second kappa shape index (κ2) is 5.39. The van der Waals surface area contributed by atoms with Crippen LogP contribution in [0.5, 0.6) is 6.01 Å². The fourth-order valence-corrected chi connectivity index (χ4v) is 1.82. The molecule has 0 bridgehead atoms. The maximum atomic E-state index is 5.51. The molecule has 7 nitrogen and oxygen atoms in total. The lowest BCUT2D eigenvalue weighted by Crippen LogP contribution is -2.10. The van der Waals surface area contributed by atoms with Crippen LogP contribution in [0.4, 0.5) is 11.9 Å². The van der Waals surface area contributed by atoms with Gasteiger partial charge in [0.1, 0.15) is 0 Å². The minimum absolute atomic E-state index is 0.133. The largest absolute Gasteiger partial charge is 0.467 e. The maximum Gasteiger partial charge on any atom is 0.322 e. The Bertz CT molecular complexity index is 474. The summed E-state index contributed by atoms with van der Waals surface area (Å²) in [5.74, 6) is 0.541. The topological polar surface area (TPSA) is 98.8 Å². The molecular weight excluding hydrogens is 240 g/mol. The van der Waals surface area contributed by atoms with Gasteiger partial charge in [-0.05, 0) is 0 Å². The molecule has 0 spiro atoms. The van der Waals surface area contributed by atoms with Gasteiger partial charge in [-0.25, -0.2) is 4.98 Å². The van der Waals surface area contributed by atoms with Crippen molar-refractivity contribution in [1.82, 2.24) is 19.9 Å². The van der Waals surface area contributed by atoms with Gasteiger partial charge in [-0.2, -0.15) is 15.0 Å². The van der Waals surface area contributed by atoms with Crippen LogP contribution in [-0.4, -0.2) is 33.6 Å². The molecule has 0 saturated carbocycles. The number of nitrogens with zero attached hydrogens (tertiary/aromatic N) is 4. The van der Waals surface area contributed by atoms with Crippen LogP contribution in [0.1, 0.15) is 5.01 Å². The number of anilines is 2. The highest BCUT2D eigenvalue weighted by atomic mass is 32.1. The summed E-state index contributed by atoms with van der Waals surface area (Å²) in [6, 6.07) is 0.203. The Hall–Kier alpha value is -1.96. The number of hydrogen-bond acceptors (Lipinski definition) is 8. The highest BCUT2D eigenvalue weighted by Crippen LogP contribution is 2.09. The van der Waals surface area contributed by atoms with Gasteiger partial charge in [0.25, 0.3) is 0 Å². The predicted octanol–water partition coefficient (Wildman–Crippen LogP) is 0.573. The molecule has 2 heterocycles. The molecule has 2 rings (SSSR count). The molecule has 0 aliphatic rings. The Kier molecular flexibility index (Phi) is 3.66. The number of nitrogen functional groups attached to an aromatic ring is 1. The summed E-state index contributed by atoms with van der Waals surface area (Å²) in [5.41, 5.74) is 5.51. The van der Waals surface area contributed by atoms with Gasteiger partial charge in [-0.3, -0.25) is 0 Å². The van der Waals surface area contributed by atoms with Crippen LogP contribution < -0.4 is 15.8 Å². The smallest absolute Gasteiger partial charge is 0.322 e. The second-order valence-corrected chi connectivity index (χ2v) is 4.09. The first-order chi connectivity index (χ1) is 8.28. The van der Waals surface area contributed by atoms with Crippen LogP contribution in [0.2, 0.25) is 0 Å². The van der Waals surface area contributed by atoms with E-state index in [1.165, 1.54) is 7.11 Å². The summed E-state index contributed by atoms with van der Waals surface area (Å²) >= 11 is 1.62. The van der Waals surface area contributed by atoms with Crippen molar-refractivity contribution in [3.8, 4) is 6.01 Å². The summed E-state index contributed by atoms with van der Waals surface area (Å²) in [6.45, 7) is 0.681.